The van der Waals surface area contributed by atoms with Gasteiger partial charge in [-0.3, -0.25) is 0 Å². The van der Waals surface area contributed by atoms with Crippen LogP contribution in [0.1, 0.15) is 25.8 Å². The standard InChI is InChI=1S/C23H29N7O3/c1-15-14-29(11-12-33-15)21-19-13-25-30(18-7-9-28(10-8-18)23(31)32-2)22(19)27-20(26-21)16-3-5-17(24)6-4-16/h3-6,13,15,18H,7-12,14,24H2,1-2H3. The van der Waals surface area contributed by atoms with Crippen molar-refractivity contribution in [2.45, 2.75) is 31.9 Å². The van der Waals surface area contributed by atoms with Crippen LogP contribution in [0.3, 0.4) is 0 Å². The number of benzene rings is 1. The first kappa shape index (κ1) is 21.4. The van der Waals surface area contributed by atoms with E-state index in [2.05, 4.69) is 11.8 Å². The molecule has 3 aromatic rings. The maximum absolute atomic E-state index is 11.9. The first-order chi connectivity index (χ1) is 16.0. The van der Waals surface area contributed by atoms with Crippen LogP contribution in [0.5, 0.6) is 0 Å². The lowest BCUT2D eigenvalue weighted by Crippen LogP contribution is -2.41. The van der Waals surface area contributed by atoms with Crippen molar-refractivity contribution in [3.05, 3.63) is 30.5 Å². The summed E-state index contributed by atoms with van der Waals surface area (Å²) in [6.45, 7) is 5.51. The molecule has 2 N–H and O–H groups in total. The summed E-state index contributed by atoms with van der Waals surface area (Å²) in [5.41, 5.74) is 8.30. The van der Waals surface area contributed by atoms with Gasteiger partial charge in [0.1, 0.15) is 5.82 Å². The van der Waals surface area contributed by atoms with E-state index < -0.39 is 0 Å². The predicted octanol–water partition coefficient (Wildman–Crippen LogP) is 2.70. The van der Waals surface area contributed by atoms with Gasteiger partial charge in [0.05, 0.1) is 37.4 Å². The van der Waals surface area contributed by atoms with Crippen LogP contribution in [0.2, 0.25) is 0 Å². The average molecular weight is 452 g/mol. The Morgan fingerprint density at radius 1 is 1.15 bits per heavy atom. The third kappa shape index (κ3) is 4.18. The van der Waals surface area contributed by atoms with E-state index in [-0.39, 0.29) is 18.2 Å². The van der Waals surface area contributed by atoms with Crippen molar-refractivity contribution in [2.75, 3.05) is 50.5 Å². The van der Waals surface area contributed by atoms with E-state index in [1.165, 1.54) is 7.11 Å². The summed E-state index contributed by atoms with van der Waals surface area (Å²) in [7, 11) is 1.42. The van der Waals surface area contributed by atoms with E-state index in [9.17, 15) is 4.79 Å². The molecule has 1 amide bonds. The number of likely N-dealkylation sites (tertiary alicyclic amines) is 1. The number of methoxy groups -OCH3 is 1. The number of nitrogens with zero attached hydrogens (tertiary/aromatic N) is 6. The zero-order valence-electron chi connectivity index (χ0n) is 19.0. The van der Waals surface area contributed by atoms with Gasteiger partial charge in [-0.1, -0.05) is 0 Å². The number of anilines is 2. The molecule has 2 aliphatic rings. The molecule has 1 aromatic carbocycles. The van der Waals surface area contributed by atoms with Crippen LogP contribution in [-0.2, 0) is 9.47 Å². The van der Waals surface area contributed by atoms with Crippen LogP contribution in [0.4, 0.5) is 16.3 Å². The van der Waals surface area contributed by atoms with Gasteiger partial charge in [-0.15, -0.1) is 0 Å². The molecule has 1 atom stereocenters. The minimum absolute atomic E-state index is 0.126. The Balaban J connectivity index is 1.55. The number of hydrogen-bond donors (Lipinski definition) is 1. The van der Waals surface area contributed by atoms with Gasteiger partial charge in [-0.2, -0.15) is 5.10 Å². The van der Waals surface area contributed by atoms with Gasteiger partial charge in [-0.05, 0) is 44.0 Å². The second-order valence-electron chi connectivity index (χ2n) is 8.63. The number of fused-ring (bicyclic) bond motifs is 1. The summed E-state index contributed by atoms with van der Waals surface area (Å²) >= 11 is 0. The van der Waals surface area contributed by atoms with Gasteiger partial charge in [0.25, 0.3) is 0 Å². The number of hydrogen-bond acceptors (Lipinski definition) is 8. The molecule has 0 aliphatic carbocycles. The van der Waals surface area contributed by atoms with Gasteiger partial charge < -0.3 is 25.0 Å². The highest BCUT2D eigenvalue weighted by molar-refractivity contribution is 5.89. The topological polar surface area (TPSA) is 112 Å². The van der Waals surface area contributed by atoms with Crippen LogP contribution in [0.15, 0.2) is 30.5 Å². The Bertz CT molecular complexity index is 1140. The lowest BCUT2D eigenvalue weighted by Gasteiger charge is -2.33. The van der Waals surface area contributed by atoms with E-state index in [0.29, 0.717) is 31.2 Å². The van der Waals surface area contributed by atoms with Crippen molar-refractivity contribution in [1.29, 1.82) is 0 Å². The molecule has 1 unspecified atom stereocenters. The number of nitrogen functional groups attached to an aromatic ring is 1. The minimum atomic E-state index is -0.282. The Hall–Kier alpha value is -3.40. The lowest BCUT2D eigenvalue weighted by molar-refractivity contribution is 0.0530. The molecule has 2 fully saturated rings. The molecule has 4 heterocycles. The zero-order valence-corrected chi connectivity index (χ0v) is 19.0. The molecular weight excluding hydrogens is 422 g/mol. The number of ether oxygens (including phenoxy) is 2. The van der Waals surface area contributed by atoms with Crippen molar-refractivity contribution in [3.8, 4) is 11.4 Å². The Morgan fingerprint density at radius 2 is 1.91 bits per heavy atom. The van der Waals surface area contributed by atoms with Crippen molar-refractivity contribution in [3.63, 3.8) is 0 Å². The van der Waals surface area contributed by atoms with Crippen LogP contribution in [0, 0.1) is 0 Å². The molecule has 2 aliphatic heterocycles. The normalized spacial score (nSPS) is 19.8. The zero-order chi connectivity index (χ0) is 22.9. The van der Waals surface area contributed by atoms with Crippen molar-refractivity contribution >= 4 is 28.6 Å². The summed E-state index contributed by atoms with van der Waals surface area (Å²) in [6.07, 6.45) is 3.29. The molecule has 10 nitrogen and oxygen atoms in total. The first-order valence-corrected chi connectivity index (χ1v) is 11.3. The number of amides is 1. The third-order valence-electron chi connectivity index (χ3n) is 6.39. The number of morpholine rings is 1. The quantitative estimate of drug-likeness (QED) is 0.605. The number of aromatic nitrogens is 4. The maximum Gasteiger partial charge on any atom is 0.409 e. The Kier molecular flexibility index (Phi) is 5.76. The van der Waals surface area contributed by atoms with E-state index in [1.54, 1.807) is 4.90 Å². The fraction of sp³-hybridized carbons (Fsp3) is 0.478. The molecule has 33 heavy (non-hydrogen) atoms. The predicted molar refractivity (Wildman–Crippen MR) is 125 cm³/mol. The van der Waals surface area contributed by atoms with Crippen LogP contribution in [0.25, 0.3) is 22.4 Å². The first-order valence-electron chi connectivity index (χ1n) is 11.3. The summed E-state index contributed by atoms with van der Waals surface area (Å²) < 4.78 is 12.6. The van der Waals surface area contributed by atoms with Crippen LogP contribution < -0.4 is 10.6 Å². The highest BCUT2D eigenvalue weighted by Gasteiger charge is 2.28. The van der Waals surface area contributed by atoms with Crippen LogP contribution in [-0.4, -0.2) is 76.7 Å². The largest absolute Gasteiger partial charge is 0.453 e. The van der Waals surface area contributed by atoms with Gasteiger partial charge in [0.15, 0.2) is 11.5 Å². The second kappa shape index (κ2) is 8.86. The molecule has 0 radical (unpaired) electrons. The molecule has 5 rings (SSSR count). The van der Waals surface area contributed by atoms with Gasteiger partial charge >= 0.3 is 6.09 Å². The summed E-state index contributed by atoms with van der Waals surface area (Å²) in [6, 6.07) is 7.75. The molecule has 0 bridgehead atoms. The van der Waals surface area contributed by atoms with E-state index in [1.807, 2.05) is 35.1 Å². The smallest absolute Gasteiger partial charge is 0.409 e. The number of carbonyl (C=O) groups is 1. The summed E-state index contributed by atoms with van der Waals surface area (Å²) in [5.74, 6) is 1.52. The molecular formula is C23H29N7O3. The molecule has 2 aromatic heterocycles. The van der Waals surface area contributed by atoms with Gasteiger partial charge in [0.2, 0.25) is 0 Å². The van der Waals surface area contributed by atoms with E-state index >= 15 is 0 Å². The lowest BCUT2D eigenvalue weighted by atomic mass is 10.1. The van der Waals surface area contributed by atoms with Crippen LogP contribution >= 0.6 is 0 Å². The van der Waals surface area contributed by atoms with Crippen molar-refractivity contribution < 1.29 is 14.3 Å². The number of nitrogens with two attached hydrogens (primary N) is 1. The highest BCUT2D eigenvalue weighted by Crippen LogP contribution is 2.32. The second-order valence-corrected chi connectivity index (χ2v) is 8.63. The molecule has 0 saturated carbocycles. The van der Waals surface area contributed by atoms with Crippen molar-refractivity contribution in [2.24, 2.45) is 0 Å². The van der Waals surface area contributed by atoms with Crippen molar-refractivity contribution in [1.82, 2.24) is 24.6 Å². The maximum atomic E-state index is 11.9. The summed E-state index contributed by atoms with van der Waals surface area (Å²) in [4.78, 5) is 25.8. The van der Waals surface area contributed by atoms with E-state index in [4.69, 9.17) is 30.3 Å². The number of piperidine rings is 1. The fourth-order valence-electron chi connectivity index (χ4n) is 4.61. The molecule has 0 spiro atoms. The Morgan fingerprint density at radius 3 is 2.61 bits per heavy atom. The number of carbonyl (C=O) groups excluding carboxylic acids is 1. The third-order valence-corrected chi connectivity index (χ3v) is 6.39. The highest BCUT2D eigenvalue weighted by atomic mass is 16.5. The Labute approximate surface area is 192 Å². The number of rotatable bonds is 3. The SMILES string of the molecule is COC(=O)N1CCC(n2ncc3c(N4CCOC(C)C4)nc(-c4ccc(N)cc4)nc32)CC1. The minimum Gasteiger partial charge on any atom is -0.453 e. The molecule has 10 heteroatoms. The monoisotopic (exact) mass is 451 g/mol. The average Bonchev–Trinajstić information content (AvgIpc) is 3.27. The molecule has 174 valence electrons. The molecule has 2 saturated heterocycles. The van der Waals surface area contributed by atoms with Gasteiger partial charge in [-0.25, -0.2) is 19.4 Å². The summed E-state index contributed by atoms with van der Waals surface area (Å²) in [5, 5.41) is 5.66. The van der Waals surface area contributed by atoms with Gasteiger partial charge in [0, 0.05) is 37.4 Å². The van der Waals surface area contributed by atoms with E-state index in [0.717, 1.165) is 48.3 Å². The fourth-order valence-corrected chi connectivity index (χ4v) is 4.61.